The van der Waals surface area contributed by atoms with Crippen molar-refractivity contribution in [3.63, 3.8) is 0 Å². The lowest BCUT2D eigenvalue weighted by Crippen LogP contribution is -2.28. The molecule has 0 bridgehead atoms. The number of amides is 2. The zero-order chi connectivity index (χ0) is 18.8. The van der Waals surface area contributed by atoms with E-state index in [0.29, 0.717) is 23.6 Å². The van der Waals surface area contributed by atoms with Crippen molar-refractivity contribution < 1.29 is 14.3 Å². The van der Waals surface area contributed by atoms with E-state index in [1.165, 1.54) is 7.11 Å². The van der Waals surface area contributed by atoms with Gasteiger partial charge in [-0.05, 0) is 32.0 Å². The molecule has 2 heterocycles. The maximum atomic E-state index is 12.7. The molecule has 1 aromatic heterocycles. The summed E-state index contributed by atoms with van der Waals surface area (Å²) in [5.74, 6) is -0.708. The van der Waals surface area contributed by atoms with Crippen LogP contribution in [0, 0.1) is 19.8 Å². The third-order valence-electron chi connectivity index (χ3n) is 4.30. The molecular weight excluding hydrogens is 400 g/mol. The first kappa shape index (κ1) is 18.3. The third kappa shape index (κ3) is 3.70. The average molecular weight is 419 g/mol. The molecule has 1 N–H and O–H groups in total. The van der Waals surface area contributed by atoms with E-state index in [4.69, 9.17) is 4.74 Å². The summed E-state index contributed by atoms with van der Waals surface area (Å²) < 4.78 is 5.92. The number of hydrogen-bond donors (Lipinski definition) is 1. The SMILES string of the molecule is COc1nc(C)c(NC(=O)C2CC(=O)N(c3cccc(Br)c3)C2)c(C)n1. The number of aromatic nitrogens is 2. The summed E-state index contributed by atoms with van der Waals surface area (Å²) in [4.78, 5) is 35.1. The van der Waals surface area contributed by atoms with Crippen molar-refractivity contribution in [1.29, 1.82) is 0 Å². The Kier molecular flexibility index (Phi) is 5.22. The van der Waals surface area contributed by atoms with Gasteiger partial charge in [-0.15, -0.1) is 0 Å². The highest BCUT2D eigenvalue weighted by Crippen LogP contribution is 2.28. The quantitative estimate of drug-likeness (QED) is 0.824. The van der Waals surface area contributed by atoms with E-state index in [2.05, 4.69) is 31.2 Å². The van der Waals surface area contributed by atoms with Crippen molar-refractivity contribution in [3.8, 4) is 6.01 Å². The zero-order valence-corrected chi connectivity index (χ0v) is 16.3. The van der Waals surface area contributed by atoms with E-state index in [0.717, 1.165) is 10.2 Å². The number of hydrogen-bond acceptors (Lipinski definition) is 5. The Morgan fingerprint density at radius 1 is 1.31 bits per heavy atom. The highest BCUT2D eigenvalue weighted by Gasteiger charge is 2.35. The van der Waals surface area contributed by atoms with Crippen LogP contribution in [0.15, 0.2) is 28.7 Å². The van der Waals surface area contributed by atoms with Gasteiger partial charge in [0.2, 0.25) is 11.8 Å². The molecule has 1 aliphatic rings. The second-order valence-electron chi connectivity index (χ2n) is 6.13. The van der Waals surface area contributed by atoms with Gasteiger partial charge in [-0.2, -0.15) is 9.97 Å². The van der Waals surface area contributed by atoms with Crippen LogP contribution >= 0.6 is 15.9 Å². The smallest absolute Gasteiger partial charge is 0.316 e. The van der Waals surface area contributed by atoms with Gasteiger partial charge in [0.05, 0.1) is 30.1 Å². The fraction of sp³-hybridized carbons (Fsp3) is 0.333. The number of ether oxygens (including phenoxy) is 1. The van der Waals surface area contributed by atoms with Crippen molar-refractivity contribution in [2.75, 3.05) is 23.9 Å². The molecule has 1 atom stereocenters. The summed E-state index contributed by atoms with van der Waals surface area (Å²) in [5.41, 5.74) is 2.58. The largest absolute Gasteiger partial charge is 0.467 e. The second kappa shape index (κ2) is 7.41. The minimum atomic E-state index is -0.428. The first-order valence-corrected chi connectivity index (χ1v) is 8.94. The first-order valence-electron chi connectivity index (χ1n) is 8.15. The maximum Gasteiger partial charge on any atom is 0.316 e. The van der Waals surface area contributed by atoms with E-state index in [-0.39, 0.29) is 24.2 Å². The molecular formula is C18H19BrN4O3. The van der Waals surface area contributed by atoms with Crippen LogP contribution in [0.2, 0.25) is 0 Å². The third-order valence-corrected chi connectivity index (χ3v) is 4.79. The van der Waals surface area contributed by atoms with E-state index >= 15 is 0 Å². The van der Waals surface area contributed by atoms with Crippen molar-refractivity contribution in [3.05, 3.63) is 40.1 Å². The number of carbonyl (C=O) groups excluding carboxylic acids is 2. The summed E-state index contributed by atoms with van der Waals surface area (Å²) in [6.45, 7) is 3.90. The number of carbonyl (C=O) groups is 2. The molecule has 2 aromatic rings. The molecule has 7 nitrogen and oxygen atoms in total. The Morgan fingerprint density at radius 2 is 2.00 bits per heavy atom. The normalized spacial score (nSPS) is 16.7. The lowest BCUT2D eigenvalue weighted by Gasteiger charge is -2.17. The number of aryl methyl sites for hydroxylation is 2. The summed E-state index contributed by atoms with van der Waals surface area (Å²) in [7, 11) is 1.49. The number of halogens is 1. The van der Waals surface area contributed by atoms with E-state index in [9.17, 15) is 9.59 Å². The fourth-order valence-electron chi connectivity index (χ4n) is 2.96. The number of anilines is 2. The lowest BCUT2D eigenvalue weighted by atomic mass is 10.1. The number of methoxy groups -OCH3 is 1. The van der Waals surface area contributed by atoms with Gasteiger partial charge >= 0.3 is 6.01 Å². The van der Waals surface area contributed by atoms with Gasteiger partial charge in [0, 0.05) is 23.1 Å². The van der Waals surface area contributed by atoms with Crippen molar-refractivity contribution >= 4 is 39.1 Å². The highest BCUT2D eigenvalue weighted by atomic mass is 79.9. The Morgan fingerprint density at radius 3 is 2.62 bits per heavy atom. The number of benzene rings is 1. The van der Waals surface area contributed by atoms with Gasteiger partial charge < -0.3 is 15.0 Å². The number of rotatable bonds is 4. The molecule has 0 saturated carbocycles. The van der Waals surface area contributed by atoms with Crippen LogP contribution in [0.3, 0.4) is 0 Å². The van der Waals surface area contributed by atoms with Crippen LogP contribution in [0.5, 0.6) is 6.01 Å². The molecule has 0 spiro atoms. The molecule has 1 aliphatic heterocycles. The Labute approximate surface area is 159 Å². The molecule has 0 aliphatic carbocycles. The van der Waals surface area contributed by atoms with Crippen LogP contribution in [0.1, 0.15) is 17.8 Å². The van der Waals surface area contributed by atoms with Gasteiger partial charge in [-0.25, -0.2) is 0 Å². The highest BCUT2D eigenvalue weighted by molar-refractivity contribution is 9.10. The Bertz CT molecular complexity index is 848. The van der Waals surface area contributed by atoms with Crippen LogP contribution in [-0.2, 0) is 9.59 Å². The molecule has 136 valence electrons. The number of nitrogens with zero attached hydrogens (tertiary/aromatic N) is 3. The lowest BCUT2D eigenvalue weighted by molar-refractivity contribution is -0.122. The predicted octanol–water partition coefficient (Wildman–Crippen LogP) is 2.86. The van der Waals surface area contributed by atoms with Crippen molar-refractivity contribution in [2.24, 2.45) is 5.92 Å². The minimum absolute atomic E-state index is 0.0670. The summed E-state index contributed by atoms with van der Waals surface area (Å²) in [5, 5.41) is 2.87. The molecule has 2 amide bonds. The maximum absolute atomic E-state index is 12.7. The van der Waals surface area contributed by atoms with Gasteiger partial charge in [0.25, 0.3) is 0 Å². The standard InChI is InChI=1S/C18H19BrN4O3/c1-10-16(11(2)21-18(20-10)26-3)22-17(25)12-7-15(24)23(9-12)14-6-4-5-13(19)8-14/h4-6,8,12H,7,9H2,1-3H3,(H,22,25). The number of nitrogens with one attached hydrogen (secondary N) is 1. The molecule has 0 radical (unpaired) electrons. The van der Waals surface area contributed by atoms with Crippen LogP contribution < -0.4 is 15.0 Å². The summed E-state index contributed by atoms with van der Waals surface area (Å²) in [6.07, 6.45) is 0.174. The summed E-state index contributed by atoms with van der Waals surface area (Å²) >= 11 is 3.40. The molecule has 1 aromatic carbocycles. The van der Waals surface area contributed by atoms with Crippen molar-refractivity contribution in [2.45, 2.75) is 20.3 Å². The van der Waals surface area contributed by atoms with E-state index < -0.39 is 5.92 Å². The molecule has 1 saturated heterocycles. The molecule has 1 unspecified atom stereocenters. The van der Waals surface area contributed by atoms with Gasteiger partial charge in [-0.3, -0.25) is 9.59 Å². The van der Waals surface area contributed by atoms with E-state index in [1.807, 2.05) is 24.3 Å². The van der Waals surface area contributed by atoms with Crippen molar-refractivity contribution in [1.82, 2.24) is 9.97 Å². The van der Waals surface area contributed by atoms with Gasteiger partial charge in [-0.1, -0.05) is 22.0 Å². The molecule has 3 rings (SSSR count). The molecule has 1 fully saturated rings. The van der Waals surface area contributed by atoms with Crippen LogP contribution in [0.4, 0.5) is 11.4 Å². The monoisotopic (exact) mass is 418 g/mol. The second-order valence-corrected chi connectivity index (χ2v) is 7.05. The first-order chi connectivity index (χ1) is 12.4. The molecule has 26 heavy (non-hydrogen) atoms. The van der Waals surface area contributed by atoms with Crippen LogP contribution in [0.25, 0.3) is 0 Å². The van der Waals surface area contributed by atoms with Gasteiger partial charge in [0.15, 0.2) is 0 Å². The zero-order valence-electron chi connectivity index (χ0n) is 14.7. The summed E-state index contributed by atoms with van der Waals surface area (Å²) in [6, 6.07) is 7.73. The topological polar surface area (TPSA) is 84.4 Å². The Balaban J connectivity index is 1.75. The molecule has 8 heteroatoms. The Hall–Kier alpha value is -2.48. The fourth-order valence-corrected chi connectivity index (χ4v) is 3.35. The van der Waals surface area contributed by atoms with E-state index in [1.54, 1.807) is 18.7 Å². The minimum Gasteiger partial charge on any atom is -0.467 e. The van der Waals surface area contributed by atoms with Gasteiger partial charge in [0.1, 0.15) is 0 Å². The van der Waals surface area contributed by atoms with Crippen LogP contribution in [-0.4, -0.2) is 35.4 Å². The average Bonchev–Trinajstić information content (AvgIpc) is 2.99. The predicted molar refractivity (Wildman–Crippen MR) is 101 cm³/mol.